The lowest BCUT2D eigenvalue weighted by Gasteiger charge is -2.09. The minimum atomic E-state index is -4.48. The zero-order valence-corrected chi connectivity index (χ0v) is 12.8. The van der Waals surface area contributed by atoms with Gasteiger partial charge >= 0.3 is 6.18 Å². The predicted molar refractivity (Wildman–Crippen MR) is 83.9 cm³/mol. The molecule has 0 atom stereocenters. The molecule has 2 aromatic carbocycles. The summed E-state index contributed by atoms with van der Waals surface area (Å²) in [4.78, 5) is 11.6. The van der Waals surface area contributed by atoms with Crippen molar-refractivity contribution in [2.75, 3.05) is 6.61 Å². The second-order valence-electron chi connectivity index (χ2n) is 4.98. The average molecular weight is 336 g/mol. The van der Waals surface area contributed by atoms with E-state index < -0.39 is 17.6 Å². The molecule has 2 rings (SSSR count). The molecule has 0 spiro atoms. The first kappa shape index (κ1) is 17.5. The van der Waals surface area contributed by atoms with Gasteiger partial charge in [0.2, 0.25) is 0 Å². The zero-order chi connectivity index (χ0) is 17.6. The van der Waals surface area contributed by atoms with Gasteiger partial charge in [-0.05, 0) is 25.1 Å². The fourth-order valence-corrected chi connectivity index (χ4v) is 1.86. The van der Waals surface area contributed by atoms with Gasteiger partial charge in [0, 0.05) is 5.56 Å². The first-order valence-corrected chi connectivity index (χ1v) is 7.04. The van der Waals surface area contributed by atoms with E-state index in [-0.39, 0.29) is 12.2 Å². The lowest BCUT2D eigenvalue weighted by atomic mass is 10.1. The fraction of sp³-hybridized carbons (Fsp3) is 0.176. The summed E-state index contributed by atoms with van der Waals surface area (Å²) < 4.78 is 43.6. The van der Waals surface area contributed by atoms with E-state index >= 15 is 0 Å². The van der Waals surface area contributed by atoms with Crippen molar-refractivity contribution in [2.45, 2.75) is 13.1 Å². The predicted octanol–water partition coefficient (Wildman–Crippen LogP) is 3.54. The molecule has 0 radical (unpaired) electrons. The number of nitrogens with zero attached hydrogens (tertiary/aromatic N) is 1. The van der Waals surface area contributed by atoms with Gasteiger partial charge in [-0.1, -0.05) is 35.9 Å². The van der Waals surface area contributed by atoms with Gasteiger partial charge in [0.1, 0.15) is 5.75 Å². The summed E-state index contributed by atoms with van der Waals surface area (Å²) in [6.45, 7) is 1.63. The van der Waals surface area contributed by atoms with Gasteiger partial charge in [-0.3, -0.25) is 4.79 Å². The Morgan fingerprint density at radius 1 is 1.17 bits per heavy atom. The molecule has 0 fully saturated rings. The maximum Gasteiger partial charge on any atom is 0.417 e. The Hall–Kier alpha value is -2.83. The number of rotatable bonds is 5. The summed E-state index contributed by atoms with van der Waals surface area (Å²) in [7, 11) is 0. The van der Waals surface area contributed by atoms with E-state index in [1.54, 1.807) is 12.1 Å². The van der Waals surface area contributed by atoms with E-state index in [4.69, 9.17) is 4.74 Å². The van der Waals surface area contributed by atoms with Gasteiger partial charge in [0.25, 0.3) is 5.91 Å². The van der Waals surface area contributed by atoms with Crippen molar-refractivity contribution in [3.8, 4) is 5.75 Å². The SMILES string of the molecule is Cc1ccc(OCC(=O)NN=Cc2ccccc2C(F)(F)F)cc1. The molecule has 7 heteroatoms. The van der Waals surface area contributed by atoms with Gasteiger partial charge < -0.3 is 4.74 Å². The maximum absolute atomic E-state index is 12.8. The Labute approximate surface area is 137 Å². The summed E-state index contributed by atoms with van der Waals surface area (Å²) in [6, 6.07) is 12.0. The van der Waals surface area contributed by atoms with Crippen molar-refractivity contribution in [1.82, 2.24) is 5.43 Å². The first-order valence-electron chi connectivity index (χ1n) is 7.04. The summed E-state index contributed by atoms with van der Waals surface area (Å²) in [5, 5.41) is 3.54. The van der Waals surface area contributed by atoms with Crippen LogP contribution in [0.4, 0.5) is 13.2 Å². The molecule has 0 bridgehead atoms. The van der Waals surface area contributed by atoms with Gasteiger partial charge in [-0.2, -0.15) is 18.3 Å². The lowest BCUT2D eigenvalue weighted by molar-refractivity contribution is -0.137. The molecule has 0 aliphatic carbocycles. The van der Waals surface area contributed by atoms with Crippen LogP contribution in [-0.2, 0) is 11.0 Å². The summed E-state index contributed by atoms with van der Waals surface area (Å²) in [5.74, 6) is -0.0570. The molecule has 0 saturated carbocycles. The van der Waals surface area contributed by atoms with Crippen LogP contribution < -0.4 is 10.2 Å². The second kappa shape index (κ2) is 7.63. The quantitative estimate of drug-likeness (QED) is 0.671. The molecule has 126 valence electrons. The van der Waals surface area contributed by atoms with Crippen LogP contribution in [0, 0.1) is 6.92 Å². The summed E-state index contributed by atoms with van der Waals surface area (Å²) in [6.07, 6.45) is -3.53. The number of amides is 1. The number of carbonyl (C=O) groups is 1. The third-order valence-electron chi connectivity index (χ3n) is 3.05. The van der Waals surface area contributed by atoms with Crippen LogP contribution in [0.5, 0.6) is 5.75 Å². The zero-order valence-electron chi connectivity index (χ0n) is 12.8. The van der Waals surface area contributed by atoms with Crippen LogP contribution in [0.2, 0.25) is 0 Å². The third kappa shape index (κ3) is 5.12. The fourth-order valence-electron chi connectivity index (χ4n) is 1.86. The summed E-state index contributed by atoms with van der Waals surface area (Å²) in [5.41, 5.74) is 2.23. The highest BCUT2D eigenvalue weighted by Crippen LogP contribution is 2.30. The van der Waals surface area contributed by atoms with Crippen molar-refractivity contribution >= 4 is 12.1 Å². The second-order valence-corrected chi connectivity index (χ2v) is 4.98. The topological polar surface area (TPSA) is 50.7 Å². The highest BCUT2D eigenvalue weighted by atomic mass is 19.4. The molecule has 0 heterocycles. The van der Waals surface area contributed by atoms with E-state index in [0.717, 1.165) is 17.8 Å². The minimum Gasteiger partial charge on any atom is -0.484 e. The van der Waals surface area contributed by atoms with E-state index in [1.807, 2.05) is 19.1 Å². The normalized spacial score (nSPS) is 11.5. The molecule has 0 aliphatic rings. The van der Waals surface area contributed by atoms with Crippen LogP contribution in [0.3, 0.4) is 0 Å². The van der Waals surface area contributed by atoms with E-state index in [2.05, 4.69) is 10.5 Å². The van der Waals surface area contributed by atoms with Crippen molar-refractivity contribution in [1.29, 1.82) is 0 Å². The van der Waals surface area contributed by atoms with Crippen LogP contribution >= 0.6 is 0 Å². The van der Waals surface area contributed by atoms with Crippen LogP contribution in [-0.4, -0.2) is 18.7 Å². The van der Waals surface area contributed by atoms with Crippen molar-refractivity contribution < 1.29 is 22.7 Å². The monoisotopic (exact) mass is 336 g/mol. The van der Waals surface area contributed by atoms with Gasteiger partial charge in [0.15, 0.2) is 6.61 Å². The number of halogens is 3. The highest BCUT2D eigenvalue weighted by Gasteiger charge is 2.32. The number of aryl methyl sites for hydroxylation is 1. The number of hydrogen-bond donors (Lipinski definition) is 1. The van der Waals surface area contributed by atoms with E-state index in [9.17, 15) is 18.0 Å². The molecule has 1 amide bonds. The Balaban J connectivity index is 1.90. The number of benzene rings is 2. The molecule has 0 unspecified atom stereocenters. The molecule has 4 nitrogen and oxygen atoms in total. The smallest absolute Gasteiger partial charge is 0.417 e. The number of hydrazone groups is 1. The number of hydrogen-bond acceptors (Lipinski definition) is 3. The Kier molecular flexibility index (Phi) is 5.57. The maximum atomic E-state index is 12.8. The highest BCUT2D eigenvalue weighted by molar-refractivity contribution is 5.84. The van der Waals surface area contributed by atoms with Crippen LogP contribution in [0.25, 0.3) is 0 Å². The molecule has 0 saturated heterocycles. The van der Waals surface area contributed by atoms with Gasteiger partial charge in [0.05, 0.1) is 11.8 Å². The van der Waals surface area contributed by atoms with E-state index in [1.165, 1.54) is 18.2 Å². The number of carbonyl (C=O) groups excluding carboxylic acids is 1. The van der Waals surface area contributed by atoms with E-state index in [0.29, 0.717) is 5.75 Å². The van der Waals surface area contributed by atoms with Crippen molar-refractivity contribution in [2.24, 2.45) is 5.10 Å². The van der Waals surface area contributed by atoms with Crippen molar-refractivity contribution in [3.63, 3.8) is 0 Å². The standard InChI is InChI=1S/C17H15F3N2O2/c1-12-6-8-14(9-7-12)24-11-16(23)22-21-10-13-4-2-3-5-15(13)17(18,19)20/h2-10H,11H2,1H3,(H,22,23). The Morgan fingerprint density at radius 3 is 2.50 bits per heavy atom. The summed E-state index contributed by atoms with van der Waals surface area (Å²) >= 11 is 0. The molecule has 2 aromatic rings. The van der Waals surface area contributed by atoms with Crippen LogP contribution in [0.15, 0.2) is 53.6 Å². The lowest BCUT2D eigenvalue weighted by Crippen LogP contribution is -2.24. The molecular formula is C17H15F3N2O2. The molecule has 1 N–H and O–H groups in total. The third-order valence-corrected chi connectivity index (χ3v) is 3.05. The number of nitrogens with one attached hydrogen (secondary N) is 1. The van der Waals surface area contributed by atoms with Crippen LogP contribution in [0.1, 0.15) is 16.7 Å². The largest absolute Gasteiger partial charge is 0.484 e. The number of alkyl halides is 3. The number of ether oxygens (including phenoxy) is 1. The van der Waals surface area contributed by atoms with Gasteiger partial charge in [-0.15, -0.1) is 0 Å². The van der Waals surface area contributed by atoms with Gasteiger partial charge in [-0.25, -0.2) is 5.43 Å². The Bertz CT molecular complexity index is 725. The Morgan fingerprint density at radius 2 is 1.83 bits per heavy atom. The molecule has 0 aromatic heterocycles. The minimum absolute atomic E-state index is 0.134. The average Bonchev–Trinajstić information content (AvgIpc) is 2.54. The molecular weight excluding hydrogens is 321 g/mol. The molecule has 0 aliphatic heterocycles. The molecule has 24 heavy (non-hydrogen) atoms. The van der Waals surface area contributed by atoms with Crippen molar-refractivity contribution in [3.05, 3.63) is 65.2 Å². The first-order chi connectivity index (χ1) is 11.4.